The fourth-order valence-corrected chi connectivity index (χ4v) is 9.06. The first-order chi connectivity index (χ1) is 36.3. The summed E-state index contributed by atoms with van der Waals surface area (Å²) in [7, 11) is 6.41. The van der Waals surface area contributed by atoms with E-state index >= 15 is 0 Å². The number of pyridine rings is 3. The Morgan fingerprint density at radius 1 is 0.303 bits per heavy atom. The van der Waals surface area contributed by atoms with Gasteiger partial charge in [-0.2, -0.15) is 0 Å². The summed E-state index contributed by atoms with van der Waals surface area (Å²) in [6, 6.07) is 49.1. The molecule has 2 radical (unpaired) electrons. The third-order valence-corrected chi connectivity index (χ3v) is 13.3. The van der Waals surface area contributed by atoms with Crippen LogP contribution in [0.4, 0.5) is 17.6 Å². The minimum Gasteiger partial charge on any atom is -0.389 e. The summed E-state index contributed by atoms with van der Waals surface area (Å²) in [5.74, 6) is -14.7. The minimum absolute atomic E-state index is 0.00678. The van der Waals surface area contributed by atoms with Crippen molar-refractivity contribution in [3.05, 3.63) is 258 Å². The largest absolute Gasteiger partial charge is 0.389 e. The molecule has 0 saturated carbocycles. The molecule has 0 aliphatic rings. The van der Waals surface area contributed by atoms with E-state index in [0.29, 0.717) is 40.1 Å². The van der Waals surface area contributed by atoms with Crippen molar-refractivity contribution in [3.8, 4) is 78.3 Å². The van der Waals surface area contributed by atoms with Crippen LogP contribution in [0.1, 0.15) is 22.3 Å². The Hall–Kier alpha value is -8.51. The van der Waals surface area contributed by atoms with E-state index in [0.717, 1.165) is 89.2 Å². The van der Waals surface area contributed by atoms with Crippen molar-refractivity contribution in [2.75, 3.05) is 0 Å². The molecule has 3 aromatic heterocycles. The molecule has 76 heavy (non-hydrogen) atoms. The number of benzene rings is 7. The van der Waals surface area contributed by atoms with Gasteiger partial charge in [0.15, 0.2) is 0 Å². The molecule has 7 aromatic carbocycles. The van der Waals surface area contributed by atoms with Gasteiger partial charge in [0.25, 0.3) is 11.6 Å². The summed E-state index contributed by atoms with van der Waals surface area (Å²) in [4.78, 5) is 13.1. The second-order valence-corrected chi connectivity index (χ2v) is 18.2. The van der Waals surface area contributed by atoms with Crippen LogP contribution >= 0.6 is 0 Å². The van der Waals surface area contributed by atoms with Gasteiger partial charge in [0.1, 0.15) is 36.6 Å². The van der Waals surface area contributed by atoms with Gasteiger partial charge in [0.2, 0.25) is 5.79 Å². The molecule has 15 heteroatoms. The first-order valence-electron chi connectivity index (χ1n) is 23.5. The summed E-state index contributed by atoms with van der Waals surface area (Å²) in [6.45, 7) is 0. The van der Waals surface area contributed by atoms with E-state index in [1.807, 2.05) is 91.0 Å². The van der Waals surface area contributed by atoms with Crippen LogP contribution in [-0.4, -0.2) is 58.5 Å². The Bertz CT molecular complexity index is 3620. The van der Waals surface area contributed by atoms with E-state index in [4.69, 9.17) is 12.8 Å². The molecule has 10 nitrogen and oxygen atoms in total. The molecule has 0 saturated heterocycles. The van der Waals surface area contributed by atoms with Crippen LogP contribution in [0, 0.1) is 23.3 Å². The zero-order valence-electron chi connectivity index (χ0n) is 39.8. The maximum atomic E-state index is 14.8. The Labute approximate surface area is 433 Å². The van der Waals surface area contributed by atoms with Crippen molar-refractivity contribution in [2.45, 2.75) is 22.9 Å². The molecule has 0 bridgehead atoms. The number of hydrogen-bond acceptors (Lipinski definition) is 10. The molecule has 0 fully saturated rings. The van der Waals surface area contributed by atoms with Crippen LogP contribution in [-0.2, 0) is 22.9 Å². The quantitative estimate of drug-likeness (QED) is 0.0334. The van der Waals surface area contributed by atoms with Crippen molar-refractivity contribution in [1.29, 1.82) is 0 Å². The van der Waals surface area contributed by atoms with Crippen molar-refractivity contribution in [3.63, 3.8) is 0 Å². The Kier molecular flexibility index (Phi) is 13.4. The van der Waals surface area contributed by atoms with E-state index in [1.165, 1.54) is 12.1 Å². The van der Waals surface area contributed by atoms with Gasteiger partial charge < -0.3 is 35.7 Å². The number of nitrogens with zero attached hydrogens (tertiary/aromatic N) is 3. The highest BCUT2D eigenvalue weighted by molar-refractivity contribution is 6.15. The average Bonchev–Trinajstić information content (AvgIpc) is 3.45. The van der Waals surface area contributed by atoms with Crippen LogP contribution in [0.15, 0.2) is 213 Å². The first-order valence-corrected chi connectivity index (χ1v) is 23.5. The van der Waals surface area contributed by atoms with Crippen LogP contribution in [0.3, 0.4) is 0 Å². The van der Waals surface area contributed by atoms with Gasteiger partial charge in [0.05, 0.1) is 17.1 Å². The van der Waals surface area contributed by atoms with Gasteiger partial charge in [-0.05, 0) is 111 Å². The molecule has 0 aliphatic heterocycles. The zero-order chi connectivity index (χ0) is 53.6. The van der Waals surface area contributed by atoms with Gasteiger partial charge in [-0.25, -0.2) is 17.6 Å². The maximum Gasteiger partial charge on any atom is 0.252 e. The standard InChI is InChI=1S/C61H42BF4N3O7/c62-58(70,41-19-25-55(67-33-41)49-23-21-45(63)30-53(49)65)59(71,72)43-27-40(28-44(29-43)61(75,76)60(73,74)42-20-26-56(68-34-42)50-24-22-46(64)31-54(50)66)47-13-7-8-14-48(47)52-35-69-57(39-11-5-2-6-12-39)32-51(52)38-17-15-37(16-18-38)36-9-3-1-4-10-36/h1-35,70-76H. The smallest absolute Gasteiger partial charge is 0.252 e. The molecule has 1 unspecified atom stereocenters. The first kappa shape index (κ1) is 51.0. The summed E-state index contributed by atoms with van der Waals surface area (Å²) >= 11 is 0. The molecule has 3 heterocycles. The monoisotopic (exact) mass is 1020 g/mol. The van der Waals surface area contributed by atoms with Crippen LogP contribution < -0.4 is 0 Å². The summed E-state index contributed by atoms with van der Waals surface area (Å²) in [6.07, 6.45) is 3.43. The van der Waals surface area contributed by atoms with E-state index in [-0.39, 0.29) is 28.1 Å². The molecular weight excluding hydrogens is 973 g/mol. The van der Waals surface area contributed by atoms with Crippen molar-refractivity contribution >= 4 is 7.85 Å². The van der Waals surface area contributed by atoms with Crippen LogP contribution in [0.2, 0.25) is 0 Å². The maximum absolute atomic E-state index is 14.8. The number of aromatic nitrogens is 3. The topological polar surface area (TPSA) is 180 Å². The lowest BCUT2D eigenvalue weighted by Crippen LogP contribution is -2.51. The second kappa shape index (κ2) is 20.0. The highest BCUT2D eigenvalue weighted by atomic mass is 19.1. The second-order valence-electron chi connectivity index (χ2n) is 18.2. The Balaban J connectivity index is 1.13. The molecule has 0 amide bonds. The highest BCUT2D eigenvalue weighted by Gasteiger charge is 2.53. The van der Waals surface area contributed by atoms with Gasteiger partial charge in [-0.15, -0.1) is 0 Å². The summed E-state index contributed by atoms with van der Waals surface area (Å²) in [5.41, 5.74) is 0.108. The third-order valence-electron chi connectivity index (χ3n) is 13.3. The predicted octanol–water partition coefficient (Wildman–Crippen LogP) is 10.2. The van der Waals surface area contributed by atoms with Crippen molar-refractivity contribution in [1.82, 2.24) is 15.0 Å². The van der Waals surface area contributed by atoms with E-state index in [2.05, 4.69) is 9.97 Å². The van der Waals surface area contributed by atoms with Gasteiger partial charge in [0, 0.05) is 69.7 Å². The summed E-state index contributed by atoms with van der Waals surface area (Å²) in [5, 5.41) is 84.2. The van der Waals surface area contributed by atoms with Crippen LogP contribution in [0.25, 0.3) is 78.3 Å². The van der Waals surface area contributed by atoms with Crippen LogP contribution in [0.5, 0.6) is 0 Å². The molecule has 0 aliphatic carbocycles. The molecular formula is C61H42BF4N3O7. The summed E-state index contributed by atoms with van der Waals surface area (Å²) < 4.78 is 57.0. The molecule has 7 N–H and O–H groups in total. The molecule has 0 spiro atoms. The van der Waals surface area contributed by atoms with E-state index in [1.54, 1.807) is 30.5 Å². The highest BCUT2D eigenvalue weighted by Crippen LogP contribution is 2.46. The van der Waals surface area contributed by atoms with Crippen molar-refractivity contribution < 1.29 is 53.3 Å². The van der Waals surface area contributed by atoms with E-state index < -0.39 is 68.4 Å². The minimum atomic E-state index is -3.78. The normalized spacial score (nSPS) is 12.8. The van der Waals surface area contributed by atoms with Gasteiger partial charge in [-0.1, -0.05) is 115 Å². The fourth-order valence-electron chi connectivity index (χ4n) is 9.06. The fraction of sp³-hybridized carbons (Fsp3) is 0.0656. The van der Waals surface area contributed by atoms with Gasteiger partial charge in [-0.3, -0.25) is 15.0 Å². The SMILES string of the molecule is [B]C(O)(c1ccc(-c2ccc(F)cc2F)nc1)C(O)(O)c1cc(-c2ccccc2-c2cnc(-c3ccccc3)cc2-c2ccc(-c3ccccc3)cc2)cc(C(O)(O)C(O)(O)c2ccc(-c3ccc(F)cc3F)nc2)c1. The predicted molar refractivity (Wildman–Crippen MR) is 279 cm³/mol. The third kappa shape index (κ3) is 9.48. The molecule has 10 rings (SSSR count). The zero-order valence-corrected chi connectivity index (χ0v) is 39.8. The Morgan fingerprint density at radius 3 is 1.30 bits per heavy atom. The van der Waals surface area contributed by atoms with E-state index in [9.17, 15) is 53.3 Å². The Morgan fingerprint density at radius 2 is 0.763 bits per heavy atom. The lowest BCUT2D eigenvalue weighted by Gasteiger charge is -2.40. The molecule has 1 atom stereocenters. The lowest BCUT2D eigenvalue weighted by molar-refractivity contribution is -0.375. The lowest BCUT2D eigenvalue weighted by atomic mass is 9.67. The van der Waals surface area contributed by atoms with Crippen molar-refractivity contribution in [2.24, 2.45) is 0 Å². The van der Waals surface area contributed by atoms with Gasteiger partial charge >= 0.3 is 0 Å². The number of hydrogen-bond donors (Lipinski definition) is 7. The number of rotatable bonds is 13. The molecule has 10 aromatic rings. The number of halogens is 4. The number of aliphatic hydroxyl groups is 7. The average molecular weight is 1020 g/mol. The molecule has 374 valence electrons.